The molecule has 2 rings (SSSR count). The van der Waals surface area contributed by atoms with Crippen molar-refractivity contribution in [3.05, 3.63) is 42.0 Å². The van der Waals surface area contributed by atoms with Gasteiger partial charge in [0.1, 0.15) is 0 Å². The van der Waals surface area contributed by atoms with Gasteiger partial charge in [-0.1, -0.05) is 30.3 Å². The van der Waals surface area contributed by atoms with Crippen molar-refractivity contribution < 1.29 is 4.79 Å². The van der Waals surface area contributed by atoms with Gasteiger partial charge < -0.3 is 10.6 Å². The lowest BCUT2D eigenvalue weighted by Gasteiger charge is -2.46. The Kier molecular flexibility index (Phi) is 4.52. The quantitative estimate of drug-likeness (QED) is 0.838. The van der Waals surface area contributed by atoms with Gasteiger partial charge in [0.15, 0.2) is 0 Å². The molecular formula is C18H26N2O. The maximum Gasteiger partial charge on any atom is 0.244 e. The summed E-state index contributed by atoms with van der Waals surface area (Å²) in [4.78, 5) is 12.1. The number of rotatable bonds is 3. The minimum absolute atomic E-state index is 0.0163. The third-order valence-corrected chi connectivity index (χ3v) is 3.76. The van der Waals surface area contributed by atoms with Crippen molar-refractivity contribution in [3.8, 4) is 0 Å². The minimum Gasteiger partial charge on any atom is -0.350 e. The van der Waals surface area contributed by atoms with E-state index in [1.807, 2.05) is 36.4 Å². The second-order valence-corrected chi connectivity index (χ2v) is 7.25. The summed E-state index contributed by atoms with van der Waals surface area (Å²) in [6.07, 6.45) is 5.37. The Bertz CT molecular complexity index is 501. The van der Waals surface area contributed by atoms with Gasteiger partial charge in [-0.2, -0.15) is 0 Å². The van der Waals surface area contributed by atoms with Crippen molar-refractivity contribution in [1.82, 2.24) is 10.6 Å². The fourth-order valence-corrected chi connectivity index (χ4v) is 3.41. The summed E-state index contributed by atoms with van der Waals surface area (Å²) in [5.74, 6) is -0.0163. The summed E-state index contributed by atoms with van der Waals surface area (Å²) in [5, 5.41) is 6.76. The van der Waals surface area contributed by atoms with E-state index in [9.17, 15) is 4.79 Å². The van der Waals surface area contributed by atoms with Crippen LogP contribution in [0.4, 0.5) is 0 Å². The molecule has 1 saturated heterocycles. The molecule has 3 nitrogen and oxygen atoms in total. The van der Waals surface area contributed by atoms with Crippen LogP contribution >= 0.6 is 0 Å². The first-order chi connectivity index (χ1) is 9.76. The number of benzene rings is 1. The lowest BCUT2D eigenvalue weighted by molar-refractivity contribution is -0.117. The molecule has 0 aromatic heterocycles. The van der Waals surface area contributed by atoms with Crippen molar-refractivity contribution >= 4 is 12.0 Å². The highest BCUT2D eigenvalue weighted by molar-refractivity contribution is 5.91. The van der Waals surface area contributed by atoms with Crippen molar-refractivity contribution in [2.24, 2.45) is 0 Å². The van der Waals surface area contributed by atoms with Crippen LogP contribution in [-0.2, 0) is 4.79 Å². The first-order valence-electron chi connectivity index (χ1n) is 7.59. The molecule has 0 unspecified atom stereocenters. The van der Waals surface area contributed by atoms with Crippen LogP contribution in [0.5, 0.6) is 0 Å². The van der Waals surface area contributed by atoms with E-state index in [1.165, 1.54) is 0 Å². The van der Waals surface area contributed by atoms with Crippen molar-refractivity contribution in [2.75, 3.05) is 0 Å². The average molecular weight is 286 g/mol. The molecular weight excluding hydrogens is 260 g/mol. The number of amides is 1. The van der Waals surface area contributed by atoms with E-state index >= 15 is 0 Å². The average Bonchev–Trinajstić information content (AvgIpc) is 2.33. The summed E-state index contributed by atoms with van der Waals surface area (Å²) < 4.78 is 0. The van der Waals surface area contributed by atoms with E-state index in [0.717, 1.165) is 18.4 Å². The van der Waals surface area contributed by atoms with Gasteiger partial charge in [-0.05, 0) is 52.2 Å². The number of carbonyl (C=O) groups is 1. The fourth-order valence-electron chi connectivity index (χ4n) is 3.41. The molecule has 1 heterocycles. The second kappa shape index (κ2) is 6.02. The molecule has 21 heavy (non-hydrogen) atoms. The Morgan fingerprint density at radius 2 is 1.71 bits per heavy atom. The van der Waals surface area contributed by atoms with Crippen LogP contribution in [-0.4, -0.2) is 23.0 Å². The van der Waals surface area contributed by atoms with E-state index in [4.69, 9.17) is 0 Å². The second-order valence-electron chi connectivity index (χ2n) is 7.25. The predicted molar refractivity (Wildman–Crippen MR) is 87.9 cm³/mol. The normalized spacial score (nSPS) is 21.3. The maximum atomic E-state index is 12.1. The topological polar surface area (TPSA) is 41.1 Å². The highest BCUT2D eigenvalue weighted by Crippen LogP contribution is 2.28. The maximum absolute atomic E-state index is 12.1. The molecule has 1 amide bonds. The molecule has 0 bridgehead atoms. The fraction of sp³-hybridized carbons (Fsp3) is 0.500. The Morgan fingerprint density at radius 1 is 1.14 bits per heavy atom. The molecule has 0 aliphatic carbocycles. The zero-order valence-electron chi connectivity index (χ0n) is 13.4. The SMILES string of the molecule is CC1(C)CC(NC(=O)/C=C/c2ccccc2)CC(C)(C)N1. The van der Waals surface area contributed by atoms with E-state index < -0.39 is 0 Å². The van der Waals surface area contributed by atoms with Gasteiger partial charge >= 0.3 is 0 Å². The van der Waals surface area contributed by atoms with E-state index in [-0.39, 0.29) is 23.0 Å². The number of hydrogen-bond donors (Lipinski definition) is 2. The lowest BCUT2D eigenvalue weighted by atomic mass is 9.79. The third kappa shape index (κ3) is 5.01. The Morgan fingerprint density at radius 3 is 2.29 bits per heavy atom. The van der Waals surface area contributed by atoms with Gasteiger partial charge in [0.25, 0.3) is 0 Å². The minimum atomic E-state index is -0.0163. The van der Waals surface area contributed by atoms with Crippen molar-refractivity contribution in [3.63, 3.8) is 0 Å². The highest BCUT2D eigenvalue weighted by atomic mass is 16.1. The lowest BCUT2D eigenvalue weighted by Crippen LogP contribution is -2.62. The smallest absolute Gasteiger partial charge is 0.244 e. The molecule has 0 saturated carbocycles. The van der Waals surface area contributed by atoms with Crippen LogP contribution in [0.1, 0.15) is 46.1 Å². The summed E-state index contributed by atoms with van der Waals surface area (Å²) >= 11 is 0. The van der Waals surface area contributed by atoms with Crippen LogP contribution in [0, 0.1) is 0 Å². The summed E-state index contributed by atoms with van der Waals surface area (Å²) in [6.45, 7) is 8.75. The highest BCUT2D eigenvalue weighted by Gasteiger charge is 2.37. The standard InChI is InChI=1S/C18H26N2O/c1-17(2)12-15(13-18(3,4)20-17)19-16(21)11-10-14-8-6-5-7-9-14/h5-11,15,20H,12-13H2,1-4H3,(H,19,21)/b11-10+. The number of nitrogens with one attached hydrogen (secondary N) is 2. The van der Waals surface area contributed by atoms with Gasteiger partial charge in [-0.25, -0.2) is 0 Å². The van der Waals surface area contributed by atoms with Crippen LogP contribution in [0.3, 0.4) is 0 Å². The van der Waals surface area contributed by atoms with Crippen LogP contribution in [0.15, 0.2) is 36.4 Å². The Balaban J connectivity index is 1.95. The van der Waals surface area contributed by atoms with Crippen LogP contribution < -0.4 is 10.6 Å². The number of carbonyl (C=O) groups excluding carboxylic acids is 1. The van der Waals surface area contributed by atoms with Crippen molar-refractivity contribution in [1.29, 1.82) is 0 Å². The Hall–Kier alpha value is -1.61. The molecule has 0 spiro atoms. The molecule has 0 radical (unpaired) electrons. The van der Waals surface area contributed by atoms with Crippen molar-refractivity contribution in [2.45, 2.75) is 57.7 Å². The molecule has 0 atom stereocenters. The first kappa shape index (κ1) is 15.8. The van der Waals surface area contributed by atoms with Gasteiger partial charge in [-0.3, -0.25) is 4.79 Å². The van der Waals surface area contributed by atoms with Crippen LogP contribution in [0.25, 0.3) is 6.08 Å². The number of hydrogen-bond acceptors (Lipinski definition) is 2. The molecule has 1 aliphatic heterocycles. The Labute approximate surface area is 127 Å². The van der Waals surface area contributed by atoms with E-state index in [2.05, 4.69) is 38.3 Å². The predicted octanol–water partition coefficient (Wildman–Crippen LogP) is 3.13. The first-order valence-corrected chi connectivity index (χ1v) is 7.59. The molecule has 1 aromatic carbocycles. The largest absolute Gasteiger partial charge is 0.350 e. The summed E-state index contributed by atoms with van der Waals surface area (Å²) in [5.41, 5.74) is 1.13. The third-order valence-electron chi connectivity index (χ3n) is 3.76. The van der Waals surface area contributed by atoms with Gasteiger partial charge in [0, 0.05) is 23.2 Å². The monoisotopic (exact) mass is 286 g/mol. The molecule has 1 aromatic rings. The molecule has 114 valence electrons. The molecule has 3 heteroatoms. The zero-order chi connectivity index (χ0) is 15.5. The number of piperidine rings is 1. The summed E-state index contributed by atoms with van der Waals surface area (Å²) in [6, 6.07) is 10.1. The molecule has 2 N–H and O–H groups in total. The van der Waals surface area contributed by atoms with Gasteiger partial charge in [-0.15, -0.1) is 0 Å². The molecule has 1 aliphatic rings. The van der Waals surface area contributed by atoms with Crippen LogP contribution in [0.2, 0.25) is 0 Å². The van der Waals surface area contributed by atoms with Gasteiger partial charge in [0.05, 0.1) is 0 Å². The summed E-state index contributed by atoms with van der Waals surface area (Å²) in [7, 11) is 0. The molecule has 1 fully saturated rings. The van der Waals surface area contributed by atoms with E-state index in [1.54, 1.807) is 6.08 Å². The zero-order valence-corrected chi connectivity index (χ0v) is 13.4. The van der Waals surface area contributed by atoms with E-state index in [0.29, 0.717) is 0 Å². The van der Waals surface area contributed by atoms with Gasteiger partial charge in [0.2, 0.25) is 5.91 Å².